The number of fused-ring (bicyclic) bond motifs is 1. The van der Waals surface area contributed by atoms with Gasteiger partial charge in [-0.1, -0.05) is 12.1 Å². The molecule has 2 heterocycles. The molecule has 1 fully saturated rings. The molecule has 2 aromatic rings. The predicted octanol–water partition coefficient (Wildman–Crippen LogP) is 2.25. The van der Waals surface area contributed by atoms with Crippen molar-refractivity contribution >= 4 is 34.4 Å². The number of anilines is 1. The van der Waals surface area contributed by atoms with E-state index in [2.05, 4.69) is 15.5 Å². The Bertz CT molecular complexity index is 545. The van der Waals surface area contributed by atoms with Crippen molar-refractivity contribution in [3.63, 3.8) is 0 Å². The van der Waals surface area contributed by atoms with Crippen molar-refractivity contribution in [1.82, 2.24) is 10.2 Å². The summed E-state index contributed by atoms with van der Waals surface area (Å²) in [4.78, 5) is 12.0. The third kappa shape index (κ3) is 2.02. The quantitative estimate of drug-likeness (QED) is 0.855. The van der Waals surface area contributed by atoms with E-state index in [-0.39, 0.29) is 11.8 Å². The molecular weight excluding hydrogens is 234 g/mol. The fourth-order valence-electron chi connectivity index (χ4n) is 2.02. The van der Waals surface area contributed by atoms with Crippen molar-refractivity contribution in [2.24, 2.45) is 5.92 Å². The van der Waals surface area contributed by atoms with Crippen LogP contribution in [0.25, 0.3) is 10.9 Å². The first-order chi connectivity index (χ1) is 8.34. The highest BCUT2D eigenvalue weighted by Gasteiger charge is 2.24. The number of aromatic nitrogens is 2. The van der Waals surface area contributed by atoms with E-state index >= 15 is 0 Å². The number of carbonyl (C=O) groups excluding carboxylic acids is 1. The summed E-state index contributed by atoms with van der Waals surface area (Å²) in [5.74, 6) is 2.87. The molecule has 88 valence electrons. The van der Waals surface area contributed by atoms with E-state index in [4.69, 9.17) is 0 Å². The number of para-hydroxylation sites is 1. The van der Waals surface area contributed by atoms with E-state index < -0.39 is 0 Å². The van der Waals surface area contributed by atoms with Gasteiger partial charge in [0.15, 0.2) is 5.82 Å². The van der Waals surface area contributed by atoms with Gasteiger partial charge in [0.05, 0.1) is 5.52 Å². The second-order valence-corrected chi connectivity index (χ2v) is 5.32. The summed E-state index contributed by atoms with van der Waals surface area (Å²) in [5.41, 5.74) is 0.948. The van der Waals surface area contributed by atoms with Crippen LogP contribution < -0.4 is 5.32 Å². The number of aromatic amines is 1. The van der Waals surface area contributed by atoms with E-state index in [0.29, 0.717) is 5.82 Å². The molecule has 1 aromatic carbocycles. The maximum Gasteiger partial charge on any atom is 0.229 e. The Labute approximate surface area is 103 Å². The van der Waals surface area contributed by atoms with E-state index in [1.807, 2.05) is 36.0 Å². The molecule has 3 rings (SSSR count). The van der Waals surface area contributed by atoms with Crippen molar-refractivity contribution in [2.75, 3.05) is 16.8 Å². The van der Waals surface area contributed by atoms with Crippen molar-refractivity contribution in [3.05, 3.63) is 24.3 Å². The third-order valence-corrected chi connectivity index (χ3v) is 4.17. The average Bonchev–Trinajstić information content (AvgIpc) is 2.98. The van der Waals surface area contributed by atoms with Crippen molar-refractivity contribution in [2.45, 2.75) is 6.42 Å². The van der Waals surface area contributed by atoms with Gasteiger partial charge in [-0.25, -0.2) is 0 Å². The number of hydrogen-bond acceptors (Lipinski definition) is 3. The van der Waals surface area contributed by atoms with Gasteiger partial charge in [-0.05, 0) is 24.3 Å². The molecule has 1 saturated heterocycles. The Morgan fingerprint density at radius 3 is 3.18 bits per heavy atom. The summed E-state index contributed by atoms with van der Waals surface area (Å²) in [6.07, 6.45) is 0.971. The van der Waals surface area contributed by atoms with Gasteiger partial charge in [0.1, 0.15) is 0 Å². The molecule has 1 amide bonds. The molecule has 17 heavy (non-hydrogen) atoms. The lowest BCUT2D eigenvalue weighted by Gasteiger charge is -2.07. The molecule has 2 N–H and O–H groups in total. The standard InChI is InChI=1S/C12H13N3OS/c16-12(8-5-6-17-7-8)13-11-9-3-1-2-4-10(9)14-15-11/h1-4,8H,5-7H2,(H2,13,14,15,16). The van der Waals surface area contributed by atoms with Crippen LogP contribution in [0.5, 0.6) is 0 Å². The van der Waals surface area contributed by atoms with E-state index in [9.17, 15) is 4.79 Å². The van der Waals surface area contributed by atoms with Crippen molar-refractivity contribution < 1.29 is 4.79 Å². The Morgan fingerprint density at radius 1 is 1.47 bits per heavy atom. The summed E-state index contributed by atoms with van der Waals surface area (Å²) in [6, 6.07) is 7.79. The van der Waals surface area contributed by atoms with Gasteiger partial charge in [0, 0.05) is 17.1 Å². The van der Waals surface area contributed by atoms with Gasteiger partial charge in [0.25, 0.3) is 0 Å². The van der Waals surface area contributed by atoms with Crippen LogP contribution in [0.15, 0.2) is 24.3 Å². The van der Waals surface area contributed by atoms with Crippen LogP contribution in [0, 0.1) is 5.92 Å². The first-order valence-electron chi connectivity index (χ1n) is 5.66. The highest BCUT2D eigenvalue weighted by Crippen LogP contribution is 2.26. The number of amides is 1. The average molecular weight is 247 g/mol. The largest absolute Gasteiger partial charge is 0.308 e. The molecule has 5 heteroatoms. The smallest absolute Gasteiger partial charge is 0.229 e. The van der Waals surface area contributed by atoms with Crippen LogP contribution >= 0.6 is 11.8 Å². The normalized spacial score (nSPS) is 19.6. The number of hydrogen-bond donors (Lipinski definition) is 2. The zero-order chi connectivity index (χ0) is 11.7. The van der Waals surface area contributed by atoms with Crippen LogP contribution in [0.3, 0.4) is 0 Å². The van der Waals surface area contributed by atoms with Crippen molar-refractivity contribution in [1.29, 1.82) is 0 Å². The van der Waals surface area contributed by atoms with Crippen LogP contribution in [0.2, 0.25) is 0 Å². The summed E-state index contributed by atoms with van der Waals surface area (Å²) in [7, 11) is 0. The second-order valence-electron chi connectivity index (χ2n) is 4.17. The number of benzene rings is 1. The van der Waals surface area contributed by atoms with Crippen LogP contribution in [0.1, 0.15) is 6.42 Å². The molecule has 1 aromatic heterocycles. The number of H-pyrrole nitrogens is 1. The van der Waals surface area contributed by atoms with Gasteiger partial charge < -0.3 is 5.32 Å². The lowest BCUT2D eigenvalue weighted by atomic mass is 10.1. The van der Waals surface area contributed by atoms with E-state index in [1.165, 1.54) is 0 Å². The summed E-state index contributed by atoms with van der Waals surface area (Å²) >= 11 is 1.84. The van der Waals surface area contributed by atoms with Gasteiger partial charge in [-0.2, -0.15) is 16.9 Å². The van der Waals surface area contributed by atoms with Crippen molar-refractivity contribution in [3.8, 4) is 0 Å². The van der Waals surface area contributed by atoms with Gasteiger partial charge >= 0.3 is 0 Å². The molecular formula is C12H13N3OS. The molecule has 1 aliphatic heterocycles. The zero-order valence-electron chi connectivity index (χ0n) is 9.27. The number of nitrogens with one attached hydrogen (secondary N) is 2. The monoisotopic (exact) mass is 247 g/mol. The fraction of sp³-hybridized carbons (Fsp3) is 0.333. The summed E-state index contributed by atoms with van der Waals surface area (Å²) in [5, 5.41) is 10.9. The number of thioether (sulfide) groups is 1. The molecule has 0 bridgehead atoms. The van der Waals surface area contributed by atoms with Crippen LogP contribution in [0.4, 0.5) is 5.82 Å². The fourth-order valence-corrected chi connectivity index (χ4v) is 3.24. The summed E-state index contributed by atoms with van der Waals surface area (Å²) in [6.45, 7) is 0. The Morgan fingerprint density at radius 2 is 2.35 bits per heavy atom. The SMILES string of the molecule is O=C(Nc1n[nH]c2ccccc12)C1CCSC1. The molecule has 1 aliphatic rings. The van der Waals surface area contributed by atoms with Crippen LogP contribution in [-0.2, 0) is 4.79 Å². The third-order valence-electron chi connectivity index (χ3n) is 3.01. The van der Waals surface area contributed by atoms with Gasteiger partial charge in [-0.15, -0.1) is 0 Å². The number of rotatable bonds is 2. The number of nitrogens with zero attached hydrogens (tertiary/aromatic N) is 1. The molecule has 1 unspecified atom stereocenters. The molecule has 1 atom stereocenters. The lowest BCUT2D eigenvalue weighted by Crippen LogP contribution is -2.22. The molecule has 0 spiro atoms. The first-order valence-corrected chi connectivity index (χ1v) is 6.82. The summed E-state index contributed by atoms with van der Waals surface area (Å²) < 4.78 is 0. The van der Waals surface area contributed by atoms with Gasteiger partial charge in [0.2, 0.25) is 5.91 Å². The Balaban J connectivity index is 1.82. The minimum atomic E-state index is 0.0900. The maximum absolute atomic E-state index is 12.0. The highest BCUT2D eigenvalue weighted by atomic mass is 32.2. The predicted molar refractivity (Wildman–Crippen MR) is 70.2 cm³/mol. The Kier molecular flexibility index (Phi) is 2.76. The zero-order valence-corrected chi connectivity index (χ0v) is 10.1. The van der Waals surface area contributed by atoms with Gasteiger partial charge in [-0.3, -0.25) is 9.89 Å². The lowest BCUT2D eigenvalue weighted by molar-refractivity contribution is -0.119. The maximum atomic E-state index is 12.0. The minimum Gasteiger partial charge on any atom is -0.308 e. The highest BCUT2D eigenvalue weighted by molar-refractivity contribution is 7.99. The minimum absolute atomic E-state index is 0.0900. The second kappa shape index (κ2) is 4.41. The molecule has 0 saturated carbocycles. The van der Waals surface area contributed by atoms with E-state index in [1.54, 1.807) is 0 Å². The van der Waals surface area contributed by atoms with Crippen LogP contribution in [-0.4, -0.2) is 27.6 Å². The number of carbonyl (C=O) groups is 1. The molecule has 0 radical (unpaired) electrons. The molecule has 0 aliphatic carbocycles. The molecule has 4 nitrogen and oxygen atoms in total. The first kappa shape index (κ1) is 10.7. The topological polar surface area (TPSA) is 57.8 Å². The Hall–Kier alpha value is -1.49. The van der Waals surface area contributed by atoms with E-state index in [0.717, 1.165) is 28.8 Å².